The molecule has 0 aliphatic carbocycles. The van der Waals surface area contributed by atoms with Gasteiger partial charge < -0.3 is 10.8 Å². The highest BCUT2D eigenvalue weighted by Crippen LogP contribution is 2.14. The molecule has 2 nitrogen and oxygen atoms in total. The predicted octanol–water partition coefficient (Wildman–Crippen LogP) is 2.80. The molecule has 90 valence electrons. The van der Waals surface area contributed by atoms with Crippen molar-refractivity contribution in [2.75, 3.05) is 6.54 Å². The third kappa shape index (κ3) is 4.33. The van der Waals surface area contributed by atoms with Gasteiger partial charge in [-0.05, 0) is 24.0 Å². The molecule has 16 heavy (non-hydrogen) atoms. The van der Waals surface area contributed by atoms with Crippen molar-refractivity contribution >= 4 is 0 Å². The zero-order chi connectivity index (χ0) is 11.8. The van der Waals surface area contributed by atoms with Crippen LogP contribution in [0.3, 0.4) is 0 Å². The van der Waals surface area contributed by atoms with E-state index in [9.17, 15) is 5.11 Å². The number of aryl methyl sites for hydroxylation is 1. The Hall–Kier alpha value is -0.860. The summed E-state index contributed by atoms with van der Waals surface area (Å²) in [7, 11) is 0. The van der Waals surface area contributed by atoms with E-state index in [1.54, 1.807) is 0 Å². The van der Waals surface area contributed by atoms with Gasteiger partial charge in [-0.3, -0.25) is 0 Å². The fraction of sp³-hybridized carbons (Fsp3) is 0.571. The molecular formula is C14H23NO. The Morgan fingerprint density at radius 3 is 2.38 bits per heavy atom. The minimum absolute atomic E-state index is 0.288. The van der Waals surface area contributed by atoms with Gasteiger partial charge >= 0.3 is 0 Å². The number of unbranched alkanes of at least 4 members (excludes halogenated alkanes) is 3. The Kier molecular flexibility index (Phi) is 6.12. The normalized spacial score (nSPS) is 12.7. The number of nitrogens with two attached hydrogens (primary N) is 1. The molecule has 0 spiro atoms. The Balaban J connectivity index is 2.39. The zero-order valence-corrected chi connectivity index (χ0v) is 10.2. The van der Waals surface area contributed by atoms with Gasteiger partial charge in [0.2, 0.25) is 0 Å². The first-order valence-electron chi connectivity index (χ1n) is 6.25. The van der Waals surface area contributed by atoms with E-state index in [0.29, 0.717) is 0 Å². The minimum atomic E-state index is -0.519. The van der Waals surface area contributed by atoms with E-state index in [0.717, 1.165) is 12.0 Å². The summed E-state index contributed by atoms with van der Waals surface area (Å²) in [5.41, 5.74) is 7.67. The van der Waals surface area contributed by atoms with Crippen molar-refractivity contribution in [2.24, 2.45) is 5.73 Å². The number of hydrogen-bond acceptors (Lipinski definition) is 2. The highest BCUT2D eigenvalue weighted by molar-refractivity contribution is 5.24. The maximum absolute atomic E-state index is 9.54. The van der Waals surface area contributed by atoms with Gasteiger partial charge in [0.25, 0.3) is 0 Å². The third-order valence-corrected chi connectivity index (χ3v) is 2.91. The maximum atomic E-state index is 9.54. The van der Waals surface area contributed by atoms with Gasteiger partial charge in [-0.1, -0.05) is 50.5 Å². The zero-order valence-electron chi connectivity index (χ0n) is 10.2. The monoisotopic (exact) mass is 221 g/mol. The lowest BCUT2D eigenvalue weighted by molar-refractivity contribution is 0.186. The van der Waals surface area contributed by atoms with Crippen molar-refractivity contribution < 1.29 is 5.11 Å². The second-order valence-corrected chi connectivity index (χ2v) is 4.30. The van der Waals surface area contributed by atoms with Crippen molar-refractivity contribution in [1.82, 2.24) is 0 Å². The average molecular weight is 221 g/mol. The van der Waals surface area contributed by atoms with Gasteiger partial charge in [0.05, 0.1) is 6.10 Å². The predicted molar refractivity (Wildman–Crippen MR) is 68.3 cm³/mol. The molecule has 1 aromatic rings. The summed E-state index contributed by atoms with van der Waals surface area (Å²) in [4.78, 5) is 0. The molecular weight excluding hydrogens is 198 g/mol. The summed E-state index contributed by atoms with van der Waals surface area (Å²) in [5, 5.41) is 9.54. The van der Waals surface area contributed by atoms with Crippen molar-refractivity contribution in [2.45, 2.75) is 45.1 Å². The molecule has 0 heterocycles. The average Bonchev–Trinajstić information content (AvgIpc) is 2.34. The number of aliphatic hydroxyl groups is 1. The number of hydrogen-bond donors (Lipinski definition) is 2. The van der Waals surface area contributed by atoms with Crippen LogP contribution in [0.5, 0.6) is 0 Å². The molecule has 0 aliphatic heterocycles. The topological polar surface area (TPSA) is 46.2 Å². The highest BCUT2D eigenvalue weighted by Gasteiger charge is 2.03. The van der Waals surface area contributed by atoms with Crippen LogP contribution >= 0.6 is 0 Å². The van der Waals surface area contributed by atoms with Crippen molar-refractivity contribution in [3.8, 4) is 0 Å². The summed E-state index contributed by atoms with van der Waals surface area (Å²) in [6.45, 7) is 2.51. The summed E-state index contributed by atoms with van der Waals surface area (Å²) < 4.78 is 0. The summed E-state index contributed by atoms with van der Waals surface area (Å²) in [5.74, 6) is 0. The van der Waals surface area contributed by atoms with Crippen molar-refractivity contribution in [3.63, 3.8) is 0 Å². The van der Waals surface area contributed by atoms with Crippen LogP contribution < -0.4 is 5.73 Å². The third-order valence-electron chi connectivity index (χ3n) is 2.91. The van der Waals surface area contributed by atoms with Crippen LogP contribution in [0.1, 0.15) is 49.8 Å². The fourth-order valence-electron chi connectivity index (χ4n) is 1.80. The first-order valence-corrected chi connectivity index (χ1v) is 6.25. The lowest BCUT2D eigenvalue weighted by Crippen LogP contribution is -2.11. The Morgan fingerprint density at radius 1 is 1.12 bits per heavy atom. The molecule has 1 aromatic carbocycles. The fourth-order valence-corrected chi connectivity index (χ4v) is 1.80. The molecule has 1 atom stereocenters. The van der Waals surface area contributed by atoms with Crippen LogP contribution in [0.2, 0.25) is 0 Å². The maximum Gasteiger partial charge on any atom is 0.0912 e. The molecule has 0 bridgehead atoms. The summed E-state index contributed by atoms with van der Waals surface area (Å²) >= 11 is 0. The van der Waals surface area contributed by atoms with Gasteiger partial charge in [0, 0.05) is 6.54 Å². The van der Waals surface area contributed by atoms with E-state index < -0.39 is 6.10 Å². The molecule has 1 rings (SSSR count). The van der Waals surface area contributed by atoms with Crippen LogP contribution in [-0.4, -0.2) is 11.7 Å². The van der Waals surface area contributed by atoms with Crippen LogP contribution in [0.4, 0.5) is 0 Å². The Bertz CT molecular complexity index is 281. The minimum Gasteiger partial charge on any atom is -0.387 e. The molecule has 0 saturated carbocycles. The molecule has 1 unspecified atom stereocenters. The van der Waals surface area contributed by atoms with Crippen molar-refractivity contribution in [3.05, 3.63) is 35.4 Å². The Labute approximate surface area is 98.5 Å². The first-order chi connectivity index (χ1) is 7.77. The Morgan fingerprint density at radius 2 is 1.81 bits per heavy atom. The largest absolute Gasteiger partial charge is 0.387 e. The molecule has 0 fully saturated rings. The molecule has 0 aliphatic rings. The summed E-state index contributed by atoms with van der Waals surface area (Å²) in [6.07, 6.45) is 5.79. The summed E-state index contributed by atoms with van der Waals surface area (Å²) in [6, 6.07) is 8.15. The quantitative estimate of drug-likeness (QED) is 0.695. The van der Waals surface area contributed by atoms with E-state index in [2.05, 4.69) is 19.1 Å². The molecule has 3 N–H and O–H groups in total. The van der Waals surface area contributed by atoms with Crippen LogP contribution in [-0.2, 0) is 6.42 Å². The van der Waals surface area contributed by atoms with Gasteiger partial charge in [-0.2, -0.15) is 0 Å². The van der Waals surface area contributed by atoms with Gasteiger partial charge in [0.1, 0.15) is 0 Å². The van der Waals surface area contributed by atoms with Crippen molar-refractivity contribution in [1.29, 1.82) is 0 Å². The van der Waals surface area contributed by atoms with Crippen LogP contribution in [0.15, 0.2) is 24.3 Å². The van der Waals surface area contributed by atoms with Gasteiger partial charge in [-0.15, -0.1) is 0 Å². The SMILES string of the molecule is CCCCCCc1ccc(C(O)CN)cc1. The van der Waals surface area contributed by atoms with Gasteiger partial charge in [0.15, 0.2) is 0 Å². The number of aliphatic hydroxyl groups excluding tert-OH is 1. The first kappa shape index (κ1) is 13.2. The molecule has 0 aromatic heterocycles. The van der Waals surface area contributed by atoms with E-state index in [1.165, 1.54) is 31.2 Å². The van der Waals surface area contributed by atoms with Crippen LogP contribution in [0, 0.1) is 0 Å². The van der Waals surface area contributed by atoms with E-state index in [1.807, 2.05) is 12.1 Å². The lowest BCUT2D eigenvalue weighted by atomic mass is 10.0. The number of benzene rings is 1. The number of rotatable bonds is 7. The lowest BCUT2D eigenvalue weighted by Gasteiger charge is -2.08. The second kappa shape index (κ2) is 7.42. The molecule has 0 amide bonds. The second-order valence-electron chi connectivity index (χ2n) is 4.30. The molecule has 0 radical (unpaired) electrons. The molecule has 2 heteroatoms. The van der Waals surface area contributed by atoms with E-state index in [-0.39, 0.29) is 6.54 Å². The highest BCUT2D eigenvalue weighted by atomic mass is 16.3. The smallest absolute Gasteiger partial charge is 0.0912 e. The standard InChI is InChI=1S/C14H23NO/c1-2-3-4-5-6-12-7-9-13(10-8-12)14(16)11-15/h7-10,14,16H,2-6,11,15H2,1H3. The molecule has 0 saturated heterocycles. The van der Waals surface area contributed by atoms with E-state index >= 15 is 0 Å². The van der Waals surface area contributed by atoms with Crippen LogP contribution in [0.25, 0.3) is 0 Å². The van der Waals surface area contributed by atoms with Gasteiger partial charge in [-0.25, -0.2) is 0 Å². The van der Waals surface area contributed by atoms with E-state index in [4.69, 9.17) is 5.73 Å².